The number of hydrogen-bond acceptors (Lipinski definition) is 4. The lowest BCUT2D eigenvalue weighted by atomic mass is 9.81. The number of carbonyl (C=O) groups excluding carboxylic acids is 1. The van der Waals surface area contributed by atoms with Crippen LogP contribution in [-0.2, 0) is 6.61 Å². The number of hydrogen-bond donors (Lipinski definition) is 0. The molecule has 2 aromatic carbocycles. The van der Waals surface area contributed by atoms with E-state index in [2.05, 4.69) is 15.9 Å². The normalized spacial score (nSPS) is 13.1. The van der Waals surface area contributed by atoms with Crippen molar-refractivity contribution < 1.29 is 9.53 Å². The van der Waals surface area contributed by atoms with Crippen molar-refractivity contribution in [3.63, 3.8) is 0 Å². The molecule has 0 saturated carbocycles. The van der Waals surface area contributed by atoms with E-state index in [1.54, 1.807) is 37.6 Å². The fourth-order valence-corrected chi connectivity index (χ4v) is 3.34. The minimum absolute atomic E-state index is 0. The molecule has 4 nitrogen and oxygen atoms in total. The first kappa shape index (κ1) is 19.1. The largest absolute Gasteiger partial charge is 0.488 e. The van der Waals surface area contributed by atoms with Crippen LogP contribution in [0.3, 0.4) is 0 Å². The number of nitrogens with zero attached hydrogens (tertiary/aromatic N) is 2. The van der Waals surface area contributed by atoms with Crippen molar-refractivity contribution in [2.24, 2.45) is 4.99 Å². The summed E-state index contributed by atoms with van der Waals surface area (Å²) in [6, 6.07) is 14.7. The molecule has 0 aliphatic heterocycles. The van der Waals surface area contributed by atoms with Crippen molar-refractivity contribution in [2.45, 2.75) is 14.0 Å². The number of benzene rings is 2. The second-order valence-corrected chi connectivity index (χ2v) is 6.10. The number of aromatic nitrogens is 1. The summed E-state index contributed by atoms with van der Waals surface area (Å²) in [6.45, 7) is 0.349. The van der Waals surface area contributed by atoms with Crippen molar-refractivity contribution in [3.05, 3.63) is 94.3 Å². The summed E-state index contributed by atoms with van der Waals surface area (Å²) < 4.78 is 5.98. The average Bonchev–Trinajstić information content (AvgIpc) is 2.73. The maximum atomic E-state index is 13.3. The fraction of sp³-hybridized carbons (Fsp3) is 0.125. The van der Waals surface area contributed by atoms with Crippen LogP contribution in [0, 0.1) is 12.3 Å². The van der Waals surface area contributed by atoms with Gasteiger partial charge in [0.15, 0.2) is 5.78 Å². The smallest absolute Gasteiger partial charge is 0.198 e. The van der Waals surface area contributed by atoms with E-state index in [1.807, 2.05) is 30.3 Å². The second-order valence-electron chi connectivity index (χ2n) is 6.10. The van der Waals surface area contributed by atoms with Crippen LogP contribution in [0.15, 0.2) is 65.9 Å². The van der Waals surface area contributed by atoms with E-state index < -0.39 is 0 Å². The van der Waals surface area contributed by atoms with Gasteiger partial charge in [0.25, 0.3) is 0 Å². The second kappa shape index (κ2) is 7.89. The van der Waals surface area contributed by atoms with Crippen LogP contribution in [0.25, 0.3) is 0 Å². The first-order valence-electron chi connectivity index (χ1n) is 8.51. The Morgan fingerprint density at radius 3 is 2.46 bits per heavy atom. The predicted octanol–water partition coefficient (Wildman–Crippen LogP) is 4.29. The lowest BCUT2D eigenvalue weighted by Crippen LogP contribution is -2.23. The van der Waals surface area contributed by atoms with Crippen LogP contribution < -0.4 is 4.74 Å². The van der Waals surface area contributed by atoms with Gasteiger partial charge in [0.1, 0.15) is 12.4 Å². The number of ketones is 1. The molecule has 0 N–H and O–H groups in total. The molecule has 0 spiro atoms. The Hall–Kier alpha value is -3.71. The third kappa shape index (κ3) is 3.08. The number of carbonyl (C=O) groups is 1. The van der Waals surface area contributed by atoms with Crippen molar-refractivity contribution in [1.29, 1.82) is 0 Å². The van der Waals surface area contributed by atoms with E-state index in [0.717, 1.165) is 11.1 Å². The summed E-state index contributed by atoms with van der Waals surface area (Å²) in [6.07, 6.45) is 9.08. The zero-order chi connectivity index (χ0) is 18.8. The quantitative estimate of drug-likeness (QED) is 0.507. The highest BCUT2D eigenvalue weighted by Crippen LogP contribution is 2.35. The Kier molecular flexibility index (Phi) is 5.37. The molecule has 1 aliphatic carbocycles. The highest BCUT2D eigenvalue weighted by molar-refractivity contribution is 6.31. The molecule has 0 unspecified atom stereocenters. The molecule has 4 rings (SSSR count). The van der Waals surface area contributed by atoms with E-state index in [-0.39, 0.29) is 13.2 Å². The minimum Gasteiger partial charge on any atom is -0.488 e. The van der Waals surface area contributed by atoms with Gasteiger partial charge >= 0.3 is 0 Å². The van der Waals surface area contributed by atoms with E-state index in [9.17, 15) is 4.79 Å². The molecule has 1 aliphatic rings. The highest BCUT2D eigenvalue weighted by atomic mass is 16.5. The third-order valence-corrected chi connectivity index (χ3v) is 4.58. The molecular weight excluding hydrogens is 348 g/mol. The average molecular weight is 368 g/mol. The first-order valence-corrected chi connectivity index (χ1v) is 8.51. The molecule has 1 aromatic heterocycles. The lowest BCUT2D eigenvalue weighted by Gasteiger charge is -2.23. The SMILES string of the molecule is C.C#Cc1cccc2c1C(=NC)c1cccc(OCc3ccncc3)c1C2=O. The Balaban J connectivity index is 0.00000225. The predicted molar refractivity (Wildman–Crippen MR) is 111 cm³/mol. The monoisotopic (exact) mass is 368 g/mol. The lowest BCUT2D eigenvalue weighted by molar-refractivity contribution is 0.103. The molecule has 0 amide bonds. The number of ether oxygens (including phenoxy) is 1. The van der Waals surface area contributed by atoms with Crippen LogP contribution in [0.1, 0.15) is 45.6 Å². The van der Waals surface area contributed by atoms with Crippen LogP contribution >= 0.6 is 0 Å². The van der Waals surface area contributed by atoms with Gasteiger partial charge in [0, 0.05) is 41.7 Å². The molecule has 138 valence electrons. The van der Waals surface area contributed by atoms with Gasteiger partial charge in [0.2, 0.25) is 0 Å². The molecule has 0 fully saturated rings. The summed E-state index contributed by atoms with van der Waals surface area (Å²) in [5.41, 5.74) is 4.88. The minimum atomic E-state index is -0.102. The van der Waals surface area contributed by atoms with E-state index in [1.165, 1.54) is 0 Å². The van der Waals surface area contributed by atoms with E-state index in [4.69, 9.17) is 11.2 Å². The van der Waals surface area contributed by atoms with Gasteiger partial charge in [-0.1, -0.05) is 37.6 Å². The summed E-state index contributed by atoms with van der Waals surface area (Å²) in [5.74, 6) is 3.09. The van der Waals surface area contributed by atoms with Crippen LogP contribution in [-0.4, -0.2) is 23.5 Å². The maximum absolute atomic E-state index is 13.3. The topological polar surface area (TPSA) is 51.6 Å². The van der Waals surface area contributed by atoms with Gasteiger partial charge in [0.05, 0.1) is 11.3 Å². The van der Waals surface area contributed by atoms with Crippen molar-refractivity contribution in [3.8, 4) is 18.1 Å². The van der Waals surface area contributed by atoms with Crippen LogP contribution in [0.2, 0.25) is 0 Å². The number of rotatable bonds is 3. The Morgan fingerprint density at radius 2 is 1.75 bits per heavy atom. The van der Waals surface area contributed by atoms with E-state index in [0.29, 0.717) is 40.3 Å². The fourth-order valence-electron chi connectivity index (χ4n) is 3.34. The van der Waals surface area contributed by atoms with Gasteiger partial charge < -0.3 is 4.74 Å². The molecule has 3 aromatic rings. The van der Waals surface area contributed by atoms with Crippen molar-refractivity contribution >= 4 is 11.5 Å². The van der Waals surface area contributed by atoms with Gasteiger partial charge in [-0.3, -0.25) is 14.8 Å². The van der Waals surface area contributed by atoms with Gasteiger partial charge in [-0.2, -0.15) is 0 Å². The number of terminal acetylenes is 1. The summed E-state index contributed by atoms with van der Waals surface area (Å²) in [4.78, 5) is 21.7. The first-order chi connectivity index (χ1) is 13.2. The van der Waals surface area contributed by atoms with Crippen molar-refractivity contribution in [1.82, 2.24) is 4.98 Å². The molecule has 0 radical (unpaired) electrons. The van der Waals surface area contributed by atoms with Crippen LogP contribution in [0.4, 0.5) is 0 Å². The zero-order valence-corrected chi connectivity index (χ0v) is 14.8. The Labute approximate surface area is 164 Å². The Bertz CT molecular complexity index is 1110. The molecule has 1 heterocycles. The summed E-state index contributed by atoms with van der Waals surface area (Å²) in [5, 5.41) is 0. The third-order valence-electron chi connectivity index (χ3n) is 4.58. The van der Waals surface area contributed by atoms with Crippen molar-refractivity contribution in [2.75, 3.05) is 7.05 Å². The van der Waals surface area contributed by atoms with Crippen LogP contribution in [0.5, 0.6) is 5.75 Å². The number of fused-ring (bicyclic) bond motifs is 2. The standard InChI is InChI=1S/C23H16N2O2.CH4/c1-3-16-6-4-8-18-20(16)22(24-2)17-7-5-9-19(21(17)23(18)26)27-14-15-10-12-25-13-11-15;/h1,4-13H,14H2,2H3;1H4. The Morgan fingerprint density at radius 1 is 1.04 bits per heavy atom. The maximum Gasteiger partial charge on any atom is 0.198 e. The van der Waals surface area contributed by atoms with Gasteiger partial charge in [-0.05, 0) is 29.8 Å². The summed E-state index contributed by atoms with van der Waals surface area (Å²) >= 11 is 0. The zero-order valence-electron chi connectivity index (χ0n) is 14.8. The molecular formula is C24H20N2O2. The molecule has 4 heteroatoms. The highest BCUT2D eigenvalue weighted by Gasteiger charge is 2.32. The molecule has 28 heavy (non-hydrogen) atoms. The number of pyridine rings is 1. The number of aliphatic imine (C=N–C) groups is 1. The molecule has 0 bridgehead atoms. The summed E-state index contributed by atoms with van der Waals surface area (Å²) in [7, 11) is 1.70. The van der Waals surface area contributed by atoms with Gasteiger partial charge in [-0.15, -0.1) is 6.42 Å². The molecule has 0 saturated heterocycles. The molecule has 0 atom stereocenters. The van der Waals surface area contributed by atoms with E-state index >= 15 is 0 Å². The van der Waals surface area contributed by atoms with Gasteiger partial charge in [-0.25, -0.2) is 0 Å².